The van der Waals surface area contributed by atoms with Crippen molar-refractivity contribution in [3.8, 4) is 0 Å². The van der Waals surface area contributed by atoms with Crippen LogP contribution in [0.1, 0.15) is 37.7 Å². The molecule has 1 aliphatic rings. The number of benzene rings is 1. The van der Waals surface area contributed by atoms with Crippen molar-refractivity contribution in [3.05, 3.63) is 48.2 Å². The molecular formula is C21H26N2O3. The SMILES string of the molecule is C=CCCC(=O)CCC1=NC(C(=O)OC)=C(c2ccc(N(C)C)cc2)C1. The van der Waals surface area contributed by atoms with Crippen molar-refractivity contribution in [1.82, 2.24) is 0 Å². The fraction of sp³-hybridized carbons (Fsp3) is 0.381. The van der Waals surface area contributed by atoms with Gasteiger partial charge in [-0.05, 0) is 36.1 Å². The molecule has 0 aromatic heterocycles. The Bertz CT molecular complexity index is 743. The van der Waals surface area contributed by atoms with Crippen LogP contribution in [-0.2, 0) is 14.3 Å². The number of allylic oxidation sites excluding steroid dienone is 2. The summed E-state index contributed by atoms with van der Waals surface area (Å²) in [5.74, 6) is -0.249. The second-order valence-corrected chi connectivity index (χ2v) is 6.48. The third kappa shape index (κ3) is 4.91. The summed E-state index contributed by atoms with van der Waals surface area (Å²) in [7, 11) is 5.32. The Balaban J connectivity index is 2.13. The Hall–Kier alpha value is -2.69. The molecule has 0 saturated heterocycles. The van der Waals surface area contributed by atoms with E-state index < -0.39 is 5.97 Å². The van der Waals surface area contributed by atoms with Gasteiger partial charge in [0.1, 0.15) is 5.78 Å². The van der Waals surface area contributed by atoms with Crippen molar-refractivity contribution in [2.24, 2.45) is 4.99 Å². The smallest absolute Gasteiger partial charge is 0.356 e. The second-order valence-electron chi connectivity index (χ2n) is 6.48. The van der Waals surface area contributed by atoms with Crippen LogP contribution in [0.2, 0.25) is 0 Å². The zero-order chi connectivity index (χ0) is 19.1. The number of Topliss-reactive ketones (excluding diaryl/α,β-unsaturated/α-hetero) is 1. The predicted octanol–water partition coefficient (Wildman–Crippen LogP) is 3.80. The van der Waals surface area contributed by atoms with Gasteiger partial charge in [-0.1, -0.05) is 18.2 Å². The van der Waals surface area contributed by atoms with Gasteiger partial charge in [-0.2, -0.15) is 0 Å². The summed E-state index contributed by atoms with van der Waals surface area (Å²) in [6.45, 7) is 3.63. The molecule has 0 N–H and O–H groups in total. The van der Waals surface area contributed by atoms with Gasteiger partial charge in [-0.15, -0.1) is 6.58 Å². The van der Waals surface area contributed by atoms with E-state index in [-0.39, 0.29) is 5.78 Å². The molecule has 1 aliphatic heterocycles. The Labute approximate surface area is 155 Å². The first-order valence-corrected chi connectivity index (χ1v) is 8.74. The van der Waals surface area contributed by atoms with Gasteiger partial charge < -0.3 is 9.64 Å². The highest BCUT2D eigenvalue weighted by Gasteiger charge is 2.25. The highest BCUT2D eigenvalue weighted by molar-refractivity contribution is 6.10. The van der Waals surface area contributed by atoms with E-state index >= 15 is 0 Å². The van der Waals surface area contributed by atoms with Crippen molar-refractivity contribution < 1.29 is 14.3 Å². The number of nitrogens with zero attached hydrogens (tertiary/aromatic N) is 2. The van der Waals surface area contributed by atoms with Gasteiger partial charge in [0.25, 0.3) is 0 Å². The van der Waals surface area contributed by atoms with Crippen LogP contribution in [0, 0.1) is 0 Å². The van der Waals surface area contributed by atoms with Crippen LogP contribution >= 0.6 is 0 Å². The summed E-state index contributed by atoms with van der Waals surface area (Å²) in [5.41, 5.74) is 4.09. The van der Waals surface area contributed by atoms with Gasteiger partial charge in [-0.3, -0.25) is 4.79 Å². The minimum atomic E-state index is -0.440. The summed E-state index contributed by atoms with van der Waals surface area (Å²) < 4.78 is 4.88. The summed E-state index contributed by atoms with van der Waals surface area (Å²) >= 11 is 0. The number of hydrogen-bond donors (Lipinski definition) is 0. The van der Waals surface area contributed by atoms with E-state index in [1.54, 1.807) is 6.08 Å². The van der Waals surface area contributed by atoms with E-state index in [1.807, 2.05) is 43.3 Å². The van der Waals surface area contributed by atoms with Gasteiger partial charge in [0, 0.05) is 44.8 Å². The monoisotopic (exact) mass is 354 g/mol. The van der Waals surface area contributed by atoms with E-state index in [4.69, 9.17) is 4.74 Å². The summed E-state index contributed by atoms with van der Waals surface area (Å²) in [6.07, 6.45) is 4.52. The quantitative estimate of drug-likeness (QED) is 0.500. The zero-order valence-corrected chi connectivity index (χ0v) is 15.7. The highest BCUT2D eigenvalue weighted by Crippen LogP contribution is 2.32. The van der Waals surface area contributed by atoms with Gasteiger partial charge in [-0.25, -0.2) is 9.79 Å². The molecule has 5 nitrogen and oxygen atoms in total. The van der Waals surface area contributed by atoms with Crippen LogP contribution in [0.25, 0.3) is 5.57 Å². The van der Waals surface area contributed by atoms with E-state index in [0.717, 1.165) is 22.5 Å². The van der Waals surface area contributed by atoms with Gasteiger partial charge in [0.15, 0.2) is 5.70 Å². The lowest BCUT2D eigenvalue weighted by atomic mass is 9.98. The summed E-state index contributed by atoms with van der Waals surface area (Å²) in [4.78, 5) is 30.5. The first kappa shape index (κ1) is 19.6. The maximum atomic E-state index is 12.1. The zero-order valence-electron chi connectivity index (χ0n) is 15.7. The lowest BCUT2D eigenvalue weighted by Gasteiger charge is -2.13. The first-order chi connectivity index (χ1) is 12.5. The largest absolute Gasteiger partial charge is 0.464 e. The molecule has 2 rings (SSSR count). The Morgan fingerprint density at radius 3 is 2.50 bits per heavy atom. The third-order valence-corrected chi connectivity index (χ3v) is 4.37. The van der Waals surface area contributed by atoms with Gasteiger partial charge >= 0.3 is 5.97 Å². The molecule has 0 unspecified atom stereocenters. The number of rotatable bonds is 9. The van der Waals surface area contributed by atoms with Crippen LogP contribution < -0.4 is 4.90 Å². The molecule has 138 valence electrons. The van der Waals surface area contributed by atoms with Crippen LogP contribution in [0.15, 0.2) is 47.6 Å². The predicted molar refractivity (Wildman–Crippen MR) is 105 cm³/mol. The molecule has 0 atom stereocenters. The van der Waals surface area contributed by atoms with Crippen LogP contribution in [0.4, 0.5) is 5.69 Å². The van der Waals surface area contributed by atoms with Crippen LogP contribution in [0.5, 0.6) is 0 Å². The van der Waals surface area contributed by atoms with E-state index in [9.17, 15) is 9.59 Å². The number of carbonyl (C=O) groups is 2. The number of carbonyl (C=O) groups excluding carboxylic acids is 2. The lowest BCUT2D eigenvalue weighted by molar-refractivity contribution is -0.136. The number of anilines is 1. The van der Waals surface area contributed by atoms with Crippen LogP contribution in [-0.4, -0.2) is 38.7 Å². The molecule has 1 aromatic rings. The molecule has 0 amide bonds. The highest BCUT2D eigenvalue weighted by atomic mass is 16.5. The van der Waals surface area contributed by atoms with Crippen LogP contribution in [0.3, 0.4) is 0 Å². The van der Waals surface area contributed by atoms with Gasteiger partial charge in [0.05, 0.1) is 7.11 Å². The average molecular weight is 354 g/mol. The van der Waals surface area contributed by atoms with Crippen molar-refractivity contribution in [2.45, 2.75) is 32.1 Å². The molecule has 0 spiro atoms. The number of methoxy groups -OCH3 is 1. The molecule has 1 heterocycles. The molecule has 5 heteroatoms. The maximum absolute atomic E-state index is 12.1. The van der Waals surface area contributed by atoms with E-state index in [2.05, 4.69) is 11.6 Å². The number of ketones is 1. The minimum absolute atomic E-state index is 0.191. The first-order valence-electron chi connectivity index (χ1n) is 8.74. The molecule has 0 saturated carbocycles. The van der Waals surface area contributed by atoms with Crippen molar-refractivity contribution in [1.29, 1.82) is 0 Å². The standard InChI is InChI=1S/C21H26N2O3/c1-5-6-7-18(24)13-10-16-14-19(20(22-16)21(25)26-4)15-8-11-17(12-9-15)23(2)3/h5,8-9,11-12H,1,6-7,10,13-14H2,2-4H3. The minimum Gasteiger partial charge on any atom is -0.464 e. The Kier molecular flexibility index (Phi) is 6.89. The molecule has 26 heavy (non-hydrogen) atoms. The maximum Gasteiger partial charge on any atom is 0.356 e. The molecule has 1 aromatic carbocycles. The van der Waals surface area contributed by atoms with Gasteiger partial charge in [0.2, 0.25) is 0 Å². The lowest BCUT2D eigenvalue weighted by Crippen LogP contribution is -2.08. The third-order valence-electron chi connectivity index (χ3n) is 4.37. The van der Waals surface area contributed by atoms with Crippen molar-refractivity contribution in [3.63, 3.8) is 0 Å². The molecule has 0 radical (unpaired) electrons. The molecular weight excluding hydrogens is 328 g/mol. The molecule has 0 fully saturated rings. The normalized spacial score (nSPS) is 13.4. The number of hydrogen-bond acceptors (Lipinski definition) is 5. The average Bonchev–Trinajstić information content (AvgIpc) is 3.08. The van der Waals surface area contributed by atoms with Crippen molar-refractivity contribution in [2.75, 3.05) is 26.1 Å². The summed E-state index contributed by atoms with van der Waals surface area (Å²) in [6, 6.07) is 7.99. The molecule has 0 aliphatic carbocycles. The topological polar surface area (TPSA) is 59.0 Å². The van der Waals surface area contributed by atoms with E-state index in [1.165, 1.54) is 7.11 Å². The molecule has 0 bridgehead atoms. The Morgan fingerprint density at radius 2 is 1.92 bits per heavy atom. The number of esters is 1. The fourth-order valence-electron chi connectivity index (χ4n) is 2.83. The summed E-state index contributed by atoms with van der Waals surface area (Å²) in [5, 5.41) is 0. The second kappa shape index (κ2) is 9.13. The van der Waals surface area contributed by atoms with E-state index in [0.29, 0.717) is 37.8 Å². The van der Waals surface area contributed by atoms with Crippen molar-refractivity contribution >= 4 is 28.7 Å². The fourth-order valence-corrected chi connectivity index (χ4v) is 2.83. The number of aliphatic imine (C=N–C) groups is 1. The number of ether oxygens (including phenoxy) is 1. The Morgan fingerprint density at radius 1 is 1.23 bits per heavy atom.